The first kappa shape index (κ1) is 14.0. The van der Waals surface area contributed by atoms with Crippen LogP contribution >= 0.6 is 11.6 Å². The van der Waals surface area contributed by atoms with E-state index in [9.17, 15) is 0 Å². The number of aryl methyl sites for hydroxylation is 1. The van der Waals surface area contributed by atoms with Crippen LogP contribution in [0, 0.1) is 0 Å². The lowest BCUT2D eigenvalue weighted by Gasteiger charge is -2.09. The average Bonchev–Trinajstić information content (AvgIpc) is 2.83. The van der Waals surface area contributed by atoms with Crippen molar-refractivity contribution in [1.29, 1.82) is 0 Å². The molecule has 0 aliphatic rings. The molecule has 2 aromatic carbocycles. The van der Waals surface area contributed by atoms with Gasteiger partial charge in [-0.15, -0.1) is 0 Å². The van der Waals surface area contributed by atoms with Gasteiger partial charge < -0.3 is 15.0 Å². The number of aromatic nitrogens is 1. The number of para-hydroxylation sites is 2. The van der Waals surface area contributed by atoms with Crippen molar-refractivity contribution in [3.8, 4) is 5.75 Å². The molecule has 21 heavy (non-hydrogen) atoms. The Kier molecular flexibility index (Phi) is 3.86. The zero-order chi connectivity index (χ0) is 14.8. The molecule has 0 saturated heterocycles. The van der Waals surface area contributed by atoms with E-state index in [0.29, 0.717) is 23.9 Å². The molecule has 3 nitrogen and oxygen atoms in total. The van der Waals surface area contributed by atoms with Gasteiger partial charge in [0, 0.05) is 19.0 Å². The van der Waals surface area contributed by atoms with Crippen LogP contribution in [0.15, 0.2) is 48.5 Å². The Morgan fingerprint density at radius 1 is 1.14 bits per heavy atom. The Morgan fingerprint density at radius 3 is 2.71 bits per heavy atom. The lowest BCUT2D eigenvalue weighted by Crippen LogP contribution is -2.04. The van der Waals surface area contributed by atoms with Gasteiger partial charge in [0.15, 0.2) is 0 Å². The van der Waals surface area contributed by atoms with Crippen molar-refractivity contribution in [1.82, 2.24) is 4.57 Å². The molecule has 0 unspecified atom stereocenters. The Hall–Kier alpha value is -1.97. The lowest BCUT2D eigenvalue weighted by atomic mass is 10.1. The van der Waals surface area contributed by atoms with E-state index in [1.807, 2.05) is 37.4 Å². The second-order valence-corrected chi connectivity index (χ2v) is 5.38. The molecule has 108 valence electrons. The fourth-order valence-corrected chi connectivity index (χ4v) is 2.76. The van der Waals surface area contributed by atoms with Crippen LogP contribution in [0.5, 0.6) is 5.75 Å². The number of rotatable bonds is 4. The van der Waals surface area contributed by atoms with Gasteiger partial charge >= 0.3 is 0 Å². The van der Waals surface area contributed by atoms with Crippen LogP contribution in [0.2, 0.25) is 5.02 Å². The van der Waals surface area contributed by atoms with Crippen LogP contribution in [-0.2, 0) is 20.2 Å². The van der Waals surface area contributed by atoms with Crippen LogP contribution in [-0.4, -0.2) is 4.57 Å². The fourth-order valence-electron chi connectivity index (χ4n) is 2.57. The van der Waals surface area contributed by atoms with Crippen molar-refractivity contribution >= 4 is 22.5 Å². The van der Waals surface area contributed by atoms with Crippen molar-refractivity contribution < 1.29 is 4.74 Å². The van der Waals surface area contributed by atoms with Gasteiger partial charge in [0.05, 0.1) is 16.2 Å². The van der Waals surface area contributed by atoms with Gasteiger partial charge in [-0.3, -0.25) is 0 Å². The first-order valence-corrected chi connectivity index (χ1v) is 7.22. The number of fused-ring (bicyclic) bond motifs is 1. The minimum absolute atomic E-state index is 0.471. The van der Waals surface area contributed by atoms with Crippen LogP contribution in [0.3, 0.4) is 0 Å². The zero-order valence-corrected chi connectivity index (χ0v) is 12.6. The summed E-state index contributed by atoms with van der Waals surface area (Å²) in [6.07, 6.45) is 0. The SMILES string of the molecule is Cn1c(COc2ccccc2Cl)cc2cccc(CN)c21. The number of ether oxygens (including phenoxy) is 1. The third-order valence-corrected chi connectivity index (χ3v) is 3.98. The normalized spacial score (nSPS) is 11.0. The van der Waals surface area contributed by atoms with Crippen molar-refractivity contribution in [3.05, 3.63) is 64.8 Å². The highest BCUT2D eigenvalue weighted by atomic mass is 35.5. The molecule has 0 fully saturated rings. The maximum atomic E-state index is 6.11. The van der Waals surface area contributed by atoms with Gasteiger partial charge in [-0.25, -0.2) is 0 Å². The summed E-state index contributed by atoms with van der Waals surface area (Å²) in [5, 5.41) is 1.80. The second kappa shape index (κ2) is 5.80. The van der Waals surface area contributed by atoms with Gasteiger partial charge in [0.1, 0.15) is 12.4 Å². The minimum Gasteiger partial charge on any atom is -0.486 e. The number of nitrogens with two attached hydrogens (primary N) is 1. The third-order valence-electron chi connectivity index (χ3n) is 3.67. The van der Waals surface area contributed by atoms with Crippen molar-refractivity contribution in [2.45, 2.75) is 13.2 Å². The van der Waals surface area contributed by atoms with Crippen molar-refractivity contribution in [2.24, 2.45) is 12.8 Å². The number of nitrogens with zero attached hydrogens (tertiary/aromatic N) is 1. The minimum atomic E-state index is 0.471. The predicted octanol–water partition coefficient (Wildman–Crippen LogP) is 3.87. The highest BCUT2D eigenvalue weighted by Crippen LogP contribution is 2.26. The summed E-state index contributed by atoms with van der Waals surface area (Å²) < 4.78 is 7.96. The summed E-state index contributed by atoms with van der Waals surface area (Å²) in [6.45, 7) is 0.999. The van der Waals surface area contributed by atoms with E-state index in [0.717, 1.165) is 16.8 Å². The summed E-state index contributed by atoms with van der Waals surface area (Å²) in [5.74, 6) is 0.698. The topological polar surface area (TPSA) is 40.2 Å². The molecular weight excluding hydrogens is 284 g/mol. The average molecular weight is 301 g/mol. The van der Waals surface area contributed by atoms with Crippen LogP contribution in [0.1, 0.15) is 11.3 Å². The molecule has 0 radical (unpaired) electrons. The quantitative estimate of drug-likeness (QED) is 0.794. The smallest absolute Gasteiger partial charge is 0.138 e. The Balaban J connectivity index is 1.91. The summed E-state index contributed by atoms with van der Waals surface area (Å²) in [4.78, 5) is 0. The number of hydrogen-bond donors (Lipinski definition) is 1. The zero-order valence-electron chi connectivity index (χ0n) is 11.8. The molecule has 1 heterocycles. The molecule has 4 heteroatoms. The van der Waals surface area contributed by atoms with Crippen LogP contribution in [0.25, 0.3) is 10.9 Å². The molecule has 2 N–H and O–H groups in total. The molecule has 0 saturated carbocycles. The molecular formula is C17H17ClN2O. The van der Waals surface area contributed by atoms with E-state index in [1.165, 1.54) is 5.39 Å². The van der Waals surface area contributed by atoms with E-state index in [1.54, 1.807) is 0 Å². The lowest BCUT2D eigenvalue weighted by molar-refractivity contribution is 0.298. The van der Waals surface area contributed by atoms with Gasteiger partial charge in [0.25, 0.3) is 0 Å². The monoisotopic (exact) mass is 300 g/mol. The second-order valence-electron chi connectivity index (χ2n) is 4.97. The molecule has 0 spiro atoms. The van der Waals surface area contributed by atoms with E-state index in [4.69, 9.17) is 22.1 Å². The fraction of sp³-hybridized carbons (Fsp3) is 0.176. The molecule has 0 atom stereocenters. The van der Waals surface area contributed by atoms with Crippen molar-refractivity contribution in [3.63, 3.8) is 0 Å². The summed E-state index contributed by atoms with van der Waals surface area (Å²) >= 11 is 6.11. The van der Waals surface area contributed by atoms with Gasteiger partial charge in [-0.1, -0.05) is 41.9 Å². The molecule has 0 bridgehead atoms. The number of benzene rings is 2. The maximum absolute atomic E-state index is 6.11. The van der Waals surface area contributed by atoms with E-state index in [-0.39, 0.29) is 0 Å². The third kappa shape index (κ3) is 2.62. The molecule has 3 aromatic rings. The van der Waals surface area contributed by atoms with E-state index in [2.05, 4.69) is 22.8 Å². The Labute approximate surface area is 128 Å². The highest BCUT2D eigenvalue weighted by Gasteiger charge is 2.10. The molecule has 0 aliphatic heterocycles. The summed E-state index contributed by atoms with van der Waals surface area (Å²) in [7, 11) is 2.03. The number of halogens is 1. The predicted molar refractivity (Wildman–Crippen MR) is 86.6 cm³/mol. The van der Waals surface area contributed by atoms with Gasteiger partial charge in [-0.05, 0) is 23.8 Å². The van der Waals surface area contributed by atoms with Gasteiger partial charge in [0.2, 0.25) is 0 Å². The Bertz CT molecular complexity index is 780. The van der Waals surface area contributed by atoms with E-state index < -0.39 is 0 Å². The van der Waals surface area contributed by atoms with E-state index >= 15 is 0 Å². The van der Waals surface area contributed by atoms with Crippen LogP contribution in [0.4, 0.5) is 0 Å². The standard InChI is InChI=1S/C17H17ClN2O/c1-20-14(11-21-16-8-3-2-7-15(16)18)9-12-5-4-6-13(10-19)17(12)20/h2-9H,10-11,19H2,1H3. The van der Waals surface area contributed by atoms with Gasteiger partial charge in [-0.2, -0.15) is 0 Å². The molecule has 0 amide bonds. The maximum Gasteiger partial charge on any atom is 0.138 e. The molecule has 1 aromatic heterocycles. The summed E-state index contributed by atoms with van der Waals surface area (Å²) in [5.41, 5.74) is 9.21. The highest BCUT2D eigenvalue weighted by molar-refractivity contribution is 6.32. The van der Waals surface area contributed by atoms with Crippen molar-refractivity contribution in [2.75, 3.05) is 0 Å². The number of hydrogen-bond acceptors (Lipinski definition) is 2. The molecule has 0 aliphatic carbocycles. The van der Waals surface area contributed by atoms with Crippen LogP contribution < -0.4 is 10.5 Å². The first-order valence-electron chi connectivity index (χ1n) is 6.84. The summed E-state index contributed by atoms with van der Waals surface area (Å²) in [6, 6.07) is 15.8. The first-order chi connectivity index (χ1) is 10.2. The molecule has 3 rings (SSSR count). The largest absolute Gasteiger partial charge is 0.486 e. The Morgan fingerprint density at radius 2 is 1.95 bits per heavy atom.